The van der Waals surface area contributed by atoms with Gasteiger partial charge in [-0.15, -0.1) is 0 Å². The van der Waals surface area contributed by atoms with E-state index in [0.29, 0.717) is 17.7 Å². The summed E-state index contributed by atoms with van der Waals surface area (Å²) in [6.45, 7) is 5.82. The zero-order valence-corrected chi connectivity index (χ0v) is 15.1. The fourth-order valence-electron chi connectivity index (χ4n) is 2.44. The third-order valence-corrected chi connectivity index (χ3v) is 3.63. The van der Waals surface area contributed by atoms with E-state index in [1.807, 2.05) is 39.0 Å². The lowest BCUT2D eigenvalue weighted by molar-refractivity contribution is -0.116. The molecule has 0 aromatic heterocycles. The van der Waals surface area contributed by atoms with E-state index in [1.165, 1.54) is 5.56 Å². The molecule has 0 heterocycles. The molecule has 0 atom stereocenters. The van der Waals surface area contributed by atoms with Crippen LogP contribution in [-0.4, -0.2) is 17.4 Å². The Balaban J connectivity index is 1.80. The number of benzene rings is 2. The summed E-state index contributed by atoms with van der Waals surface area (Å²) in [5, 5.41) is 5.78. The van der Waals surface area contributed by atoms with E-state index in [-0.39, 0.29) is 17.4 Å². The number of carbonyl (C=O) groups is 2. The van der Waals surface area contributed by atoms with Crippen molar-refractivity contribution in [3.8, 4) is 0 Å². The van der Waals surface area contributed by atoms with E-state index in [2.05, 4.69) is 22.8 Å². The van der Waals surface area contributed by atoms with Crippen LogP contribution in [0.25, 0.3) is 0 Å². The van der Waals surface area contributed by atoms with E-state index >= 15 is 0 Å². The van der Waals surface area contributed by atoms with Crippen molar-refractivity contribution in [2.24, 2.45) is 0 Å². The first-order valence-electron chi connectivity index (χ1n) is 8.60. The van der Waals surface area contributed by atoms with Crippen molar-refractivity contribution < 1.29 is 9.59 Å². The summed E-state index contributed by atoms with van der Waals surface area (Å²) < 4.78 is 0. The van der Waals surface area contributed by atoms with Gasteiger partial charge in [0.05, 0.1) is 0 Å². The lowest BCUT2D eigenvalue weighted by Gasteiger charge is -2.20. The zero-order valence-electron chi connectivity index (χ0n) is 15.1. The van der Waals surface area contributed by atoms with Gasteiger partial charge in [-0.3, -0.25) is 9.59 Å². The number of nitrogens with one attached hydrogen (secondary N) is 2. The maximum atomic E-state index is 12.1. The number of anilines is 1. The number of aryl methyl sites for hydroxylation is 1. The number of hydrogen-bond donors (Lipinski definition) is 2. The molecule has 0 aliphatic carbocycles. The number of rotatable bonds is 6. The number of amides is 2. The second kappa shape index (κ2) is 8.47. The smallest absolute Gasteiger partial charge is 0.251 e. The summed E-state index contributed by atoms with van der Waals surface area (Å²) in [5.74, 6) is -0.129. The summed E-state index contributed by atoms with van der Waals surface area (Å²) in [5.41, 5.74) is 2.25. The first kappa shape index (κ1) is 18.7. The standard InChI is InChI=1S/C21H26N2O2/c1-21(2,3)23-20(25)17-12-14-18(15-13-17)22-19(24)11-7-10-16-8-5-4-6-9-16/h4-6,8-9,12-15H,7,10-11H2,1-3H3,(H,22,24)(H,23,25). The Morgan fingerprint density at radius 1 is 0.920 bits per heavy atom. The molecule has 0 saturated carbocycles. The molecular weight excluding hydrogens is 312 g/mol. The molecule has 2 aromatic rings. The van der Waals surface area contributed by atoms with Crippen LogP contribution in [0.3, 0.4) is 0 Å². The van der Waals surface area contributed by atoms with Crippen LogP contribution >= 0.6 is 0 Å². The van der Waals surface area contributed by atoms with Crippen molar-refractivity contribution >= 4 is 17.5 Å². The summed E-state index contributed by atoms with van der Waals surface area (Å²) in [6, 6.07) is 17.1. The molecule has 132 valence electrons. The van der Waals surface area contributed by atoms with Gasteiger partial charge in [-0.1, -0.05) is 30.3 Å². The van der Waals surface area contributed by atoms with Crippen LogP contribution in [0, 0.1) is 0 Å². The highest BCUT2D eigenvalue weighted by Crippen LogP contribution is 2.12. The van der Waals surface area contributed by atoms with Crippen LogP contribution in [0.2, 0.25) is 0 Å². The molecule has 0 radical (unpaired) electrons. The summed E-state index contributed by atoms with van der Waals surface area (Å²) in [7, 11) is 0. The van der Waals surface area contributed by atoms with E-state index in [4.69, 9.17) is 0 Å². The van der Waals surface area contributed by atoms with Crippen molar-refractivity contribution in [1.29, 1.82) is 0 Å². The molecule has 0 unspecified atom stereocenters. The van der Waals surface area contributed by atoms with E-state index in [9.17, 15) is 9.59 Å². The molecule has 4 nitrogen and oxygen atoms in total. The van der Waals surface area contributed by atoms with Crippen molar-refractivity contribution in [1.82, 2.24) is 5.32 Å². The minimum absolute atomic E-state index is 0.0113. The highest BCUT2D eigenvalue weighted by atomic mass is 16.2. The van der Waals surface area contributed by atoms with Gasteiger partial charge in [-0.25, -0.2) is 0 Å². The Morgan fingerprint density at radius 2 is 1.56 bits per heavy atom. The topological polar surface area (TPSA) is 58.2 Å². The van der Waals surface area contributed by atoms with E-state index < -0.39 is 0 Å². The van der Waals surface area contributed by atoms with Crippen LogP contribution in [0.15, 0.2) is 54.6 Å². The van der Waals surface area contributed by atoms with Gasteiger partial charge in [0.1, 0.15) is 0 Å². The Morgan fingerprint density at radius 3 is 2.16 bits per heavy atom. The average Bonchev–Trinajstić information content (AvgIpc) is 2.55. The van der Waals surface area contributed by atoms with Crippen LogP contribution < -0.4 is 10.6 Å². The largest absolute Gasteiger partial charge is 0.347 e. The molecular formula is C21H26N2O2. The minimum Gasteiger partial charge on any atom is -0.347 e. The highest BCUT2D eigenvalue weighted by molar-refractivity contribution is 5.96. The second-order valence-electron chi connectivity index (χ2n) is 7.17. The van der Waals surface area contributed by atoms with Crippen LogP contribution in [-0.2, 0) is 11.2 Å². The highest BCUT2D eigenvalue weighted by Gasteiger charge is 2.15. The Hall–Kier alpha value is -2.62. The molecule has 0 saturated heterocycles. The van der Waals surface area contributed by atoms with Gasteiger partial charge in [0.2, 0.25) is 5.91 Å². The lowest BCUT2D eigenvalue weighted by atomic mass is 10.1. The third-order valence-electron chi connectivity index (χ3n) is 3.63. The fourth-order valence-corrected chi connectivity index (χ4v) is 2.44. The summed E-state index contributed by atoms with van der Waals surface area (Å²) in [6.07, 6.45) is 2.17. The lowest BCUT2D eigenvalue weighted by Crippen LogP contribution is -2.40. The normalized spacial score (nSPS) is 11.0. The fraction of sp³-hybridized carbons (Fsp3) is 0.333. The van der Waals surface area contributed by atoms with Gasteiger partial charge in [0.25, 0.3) is 5.91 Å². The predicted molar refractivity (Wildman–Crippen MR) is 102 cm³/mol. The Kier molecular flexibility index (Phi) is 6.34. The molecule has 25 heavy (non-hydrogen) atoms. The van der Waals surface area contributed by atoms with Gasteiger partial charge in [-0.05, 0) is 63.4 Å². The molecule has 0 bridgehead atoms. The molecule has 0 spiro atoms. The van der Waals surface area contributed by atoms with Gasteiger partial charge in [0.15, 0.2) is 0 Å². The maximum Gasteiger partial charge on any atom is 0.251 e. The second-order valence-corrected chi connectivity index (χ2v) is 7.17. The van der Waals surface area contributed by atoms with E-state index in [1.54, 1.807) is 24.3 Å². The SMILES string of the molecule is CC(C)(C)NC(=O)c1ccc(NC(=O)CCCc2ccccc2)cc1. The summed E-state index contributed by atoms with van der Waals surface area (Å²) >= 11 is 0. The van der Waals surface area contributed by atoms with Gasteiger partial charge >= 0.3 is 0 Å². The minimum atomic E-state index is -0.275. The van der Waals surface area contributed by atoms with Gasteiger partial charge in [0, 0.05) is 23.2 Å². The predicted octanol–water partition coefficient (Wildman–Crippen LogP) is 4.18. The van der Waals surface area contributed by atoms with Gasteiger partial charge < -0.3 is 10.6 Å². The quantitative estimate of drug-likeness (QED) is 0.830. The van der Waals surface area contributed by atoms with Crippen molar-refractivity contribution in [3.05, 3.63) is 65.7 Å². The van der Waals surface area contributed by atoms with Crippen molar-refractivity contribution in [3.63, 3.8) is 0 Å². The third kappa shape index (κ3) is 6.79. The van der Waals surface area contributed by atoms with Crippen LogP contribution in [0.4, 0.5) is 5.69 Å². The molecule has 2 N–H and O–H groups in total. The summed E-state index contributed by atoms with van der Waals surface area (Å²) in [4.78, 5) is 24.1. The molecule has 2 amide bonds. The molecule has 2 rings (SSSR count). The Bertz CT molecular complexity index is 701. The Labute approximate surface area is 149 Å². The molecule has 4 heteroatoms. The monoisotopic (exact) mass is 338 g/mol. The molecule has 0 fully saturated rings. The van der Waals surface area contributed by atoms with E-state index in [0.717, 1.165) is 12.8 Å². The average molecular weight is 338 g/mol. The maximum absolute atomic E-state index is 12.1. The van der Waals surface area contributed by atoms with Crippen LogP contribution in [0.5, 0.6) is 0 Å². The molecule has 2 aromatic carbocycles. The van der Waals surface area contributed by atoms with Crippen molar-refractivity contribution in [2.45, 2.75) is 45.6 Å². The first-order valence-corrected chi connectivity index (χ1v) is 8.60. The molecule has 0 aliphatic rings. The molecule has 0 aliphatic heterocycles. The van der Waals surface area contributed by atoms with Crippen LogP contribution in [0.1, 0.15) is 49.5 Å². The number of carbonyl (C=O) groups excluding carboxylic acids is 2. The first-order chi connectivity index (χ1) is 11.8. The van der Waals surface area contributed by atoms with Gasteiger partial charge in [-0.2, -0.15) is 0 Å². The zero-order chi connectivity index (χ0) is 18.3. The number of hydrogen-bond acceptors (Lipinski definition) is 2. The van der Waals surface area contributed by atoms with Crippen molar-refractivity contribution in [2.75, 3.05) is 5.32 Å².